The van der Waals surface area contributed by atoms with Gasteiger partial charge in [-0.2, -0.15) is 0 Å². The van der Waals surface area contributed by atoms with Crippen molar-refractivity contribution in [3.63, 3.8) is 0 Å². The molecule has 0 aliphatic heterocycles. The second-order valence-electron chi connectivity index (χ2n) is 5.47. The largest absolute Gasteiger partial charge is 0.481 e. The van der Waals surface area contributed by atoms with Crippen LogP contribution < -0.4 is 15.4 Å². The molecule has 0 aliphatic carbocycles. The Labute approximate surface area is 141 Å². The number of amides is 2. The number of rotatable bonds is 6. The predicted molar refractivity (Wildman–Crippen MR) is 93.8 cm³/mol. The molecule has 2 rings (SSSR count). The van der Waals surface area contributed by atoms with Gasteiger partial charge < -0.3 is 20.5 Å². The topological polar surface area (TPSA) is 70.6 Å². The normalized spacial score (nSPS) is 12.5. The summed E-state index contributed by atoms with van der Waals surface area (Å²) in [5.74, 6) is 2.95. The highest BCUT2D eigenvalue weighted by molar-refractivity contribution is 5.89. The van der Waals surface area contributed by atoms with Crippen molar-refractivity contribution in [1.29, 1.82) is 0 Å². The summed E-state index contributed by atoms with van der Waals surface area (Å²) in [7, 11) is 0. The quantitative estimate of drug-likeness (QED) is 0.716. The van der Waals surface area contributed by atoms with Crippen LogP contribution in [0.2, 0.25) is 0 Å². The fraction of sp³-hybridized carbons (Fsp3) is 0.211. The van der Waals surface area contributed by atoms with Gasteiger partial charge in [0.25, 0.3) is 0 Å². The molecule has 0 saturated carbocycles. The van der Waals surface area contributed by atoms with Crippen molar-refractivity contribution < 1.29 is 14.6 Å². The van der Waals surface area contributed by atoms with Crippen LogP contribution in [0.15, 0.2) is 54.6 Å². The van der Waals surface area contributed by atoms with Crippen LogP contribution in [-0.2, 0) is 5.60 Å². The lowest BCUT2D eigenvalue weighted by Gasteiger charge is -2.24. The molecule has 5 nitrogen and oxygen atoms in total. The maximum atomic E-state index is 12.0. The van der Waals surface area contributed by atoms with Crippen molar-refractivity contribution in [1.82, 2.24) is 5.32 Å². The Morgan fingerprint density at radius 1 is 1.25 bits per heavy atom. The van der Waals surface area contributed by atoms with Crippen molar-refractivity contribution in [2.75, 3.05) is 18.5 Å². The molecule has 0 aliphatic rings. The van der Waals surface area contributed by atoms with Gasteiger partial charge >= 0.3 is 6.03 Å². The average Bonchev–Trinajstić information content (AvgIpc) is 2.59. The van der Waals surface area contributed by atoms with E-state index in [4.69, 9.17) is 11.2 Å². The maximum Gasteiger partial charge on any atom is 0.319 e. The molecule has 0 heterocycles. The van der Waals surface area contributed by atoms with Crippen molar-refractivity contribution in [2.24, 2.45) is 0 Å². The fourth-order valence-corrected chi connectivity index (χ4v) is 2.12. The number of terminal acetylenes is 1. The molecule has 2 aromatic rings. The summed E-state index contributed by atoms with van der Waals surface area (Å²) in [6.45, 7) is 1.89. The van der Waals surface area contributed by atoms with Crippen LogP contribution in [-0.4, -0.2) is 24.3 Å². The molecule has 5 heteroatoms. The van der Waals surface area contributed by atoms with Gasteiger partial charge in [0.15, 0.2) is 0 Å². The van der Waals surface area contributed by atoms with Crippen molar-refractivity contribution in [3.05, 3.63) is 60.2 Å². The Hall–Kier alpha value is -2.97. The minimum absolute atomic E-state index is 0.0795. The van der Waals surface area contributed by atoms with Crippen LogP contribution in [0, 0.1) is 12.3 Å². The maximum absolute atomic E-state index is 12.0. The average molecular weight is 324 g/mol. The van der Waals surface area contributed by atoms with Crippen LogP contribution >= 0.6 is 0 Å². The van der Waals surface area contributed by atoms with E-state index in [2.05, 4.69) is 16.6 Å². The first-order valence-corrected chi connectivity index (χ1v) is 7.50. The number of nitrogens with one attached hydrogen (secondary N) is 2. The summed E-state index contributed by atoms with van der Waals surface area (Å²) >= 11 is 0. The Kier molecular flexibility index (Phi) is 5.83. The van der Waals surface area contributed by atoms with E-state index in [1.54, 1.807) is 31.2 Å². The first-order chi connectivity index (χ1) is 11.5. The number of hydrogen-bond donors (Lipinski definition) is 3. The molecular formula is C19H20N2O3. The Morgan fingerprint density at radius 3 is 2.71 bits per heavy atom. The molecule has 0 radical (unpaired) electrons. The molecule has 0 spiro atoms. The minimum Gasteiger partial charge on any atom is -0.481 e. The molecule has 0 saturated heterocycles. The molecule has 124 valence electrons. The van der Waals surface area contributed by atoms with E-state index >= 15 is 0 Å². The zero-order chi connectivity index (χ0) is 17.4. The Bertz CT molecular complexity index is 721. The first-order valence-electron chi connectivity index (χ1n) is 7.50. The first kappa shape index (κ1) is 17.4. The number of aliphatic hydroxyl groups is 1. The second-order valence-corrected chi connectivity index (χ2v) is 5.47. The molecule has 1 unspecified atom stereocenters. The van der Waals surface area contributed by atoms with E-state index in [0.29, 0.717) is 11.4 Å². The number of hydrogen-bond acceptors (Lipinski definition) is 3. The zero-order valence-corrected chi connectivity index (χ0v) is 13.5. The molecule has 1 atom stereocenters. The molecule has 0 fully saturated rings. The summed E-state index contributed by atoms with van der Waals surface area (Å²) in [5.41, 5.74) is 0.146. The van der Waals surface area contributed by atoms with Crippen molar-refractivity contribution >= 4 is 11.7 Å². The third kappa shape index (κ3) is 5.04. The van der Waals surface area contributed by atoms with Crippen LogP contribution in [0.3, 0.4) is 0 Å². The molecule has 24 heavy (non-hydrogen) atoms. The Balaban J connectivity index is 1.91. The summed E-state index contributed by atoms with van der Waals surface area (Å²) in [6.07, 6.45) is 5.14. The van der Waals surface area contributed by atoms with Gasteiger partial charge in [-0.05, 0) is 24.6 Å². The van der Waals surface area contributed by atoms with Gasteiger partial charge in [-0.15, -0.1) is 6.42 Å². The highest BCUT2D eigenvalue weighted by Crippen LogP contribution is 2.19. The summed E-state index contributed by atoms with van der Waals surface area (Å²) in [4.78, 5) is 12.0. The van der Waals surface area contributed by atoms with Crippen LogP contribution in [0.5, 0.6) is 5.75 Å². The molecule has 2 aromatic carbocycles. The highest BCUT2D eigenvalue weighted by Gasteiger charge is 2.23. The van der Waals surface area contributed by atoms with Gasteiger partial charge in [-0.25, -0.2) is 4.79 Å². The van der Waals surface area contributed by atoms with Crippen LogP contribution in [0.1, 0.15) is 12.5 Å². The van der Waals surface area contributed by atoms with Gasteiger partial charge in [-0.3, -0.25) is 0 Å². The van der Waals surface area contributed by atoms with Crippen molar-refractivity contribution in [3.8, 4) is 18.1 Å². The molecule has 3 N–H and O–H groups in total. The highest BCUT2D eigenvalue weighted by atomic mass is 16.5. The SMILES string of the molecule is C#CCOc1cccc(NC(=O)NCC(C)(O)c2ccccc2)c1. The van der Waals surface area contributed by atoms with Gasteiger partial charge in [0.2, 0.25) is 0 Å². The van der Waals surface area contributed by atoms with Gasteiger partial charge in [0.05, 0.1) is 6.54 Å². The number of anilines is 1. The lowest BCUT2D eigenvalue weighted by molar-refractivity contribution is 0.0599. The number of urea groups is 1. The molecule has 2 amide bonds. The molecular weight excluding hydrogens is 304 g/mol. The monoisotopic (exact) mass is 324 g/mol. The standard InChI is InChI=1S/C19H20N2O3/c1-3-12-24-17-11-7-10-16(13-17)21-18(22)20-14-19(2,23)15-8-5-4-6-9-15/h1,4-11,13,23H,12,14H2,2H3,(H2,20,21,22). The van der Waals surface area contributed by atoms with E-state index in [0.717, 1.165) is 5.56 Å². The van der Waals surface area contributed by atoms with Crippen LogP contribution in [0.25, 0.3) is 0 Å². The van der Waals surface area contributed by atoms with Gasteiger partial charge in [0, 0.05) is 11.8 Å². The van der Waals surface area contributed by atoms with E-state index in [1.165, 1.54) is 0 Å². The van der Waals surface area contributed by atoms with Crippen molar-refractivity contribution in [2.45, 2.75) is 12.5 Å². The Morgan fingerprint density at radius 2 is 2.00 bits per heavy atom. The second kappa shape index (κ2) is 8.04. The summed E-state index contributed by atoms with van der Waals surface area (Å²) < 4.78 is 5.30. The third-order valence-electron chi connectivity index (χ3n) is 3.40. The van der Waals surface area contributed by atoms with E-state index in [1.807, 2.05) is 30.3 Å². The summed E-state index contributed by atoms with van der Waals surface area (Å²) in [5, 5.41) is 15.8. The fourth-order valence-electron chi connectivity index (χ4n) is 2.12. The number of benzene rings is 2. The predicted octanol–water partition coefficient (Wildman–Crippen LogP) is 2.73. The number of ether oxygens (including phenoxy) is 1. The summed E-state index contributed by atoms with van der Waals surface area (Å²) in [6, 6.07) is 15.7. The minimum atomic E-state index is -1.16. The lowest BCUT2D eigenvalue weighted by Crippen LogP contribution is -2.40. The van der Waals surface area contributed by atoms with E-state index in [9.17, 15) is 9.90 Å². The van der Waals surface area contributed by atoms with E-state index < -0.39 is 11.6 Å². The smallest absolute Gasteiger partial charge is 0.319 e. The molecule has 0 aromatic heterocycles. The number of carbonyl (C=O) groups excluding carboxylic acids is 1. The molecule has 0 bridgehead atoms. The third-order valence-corrected chi connectivity index (χ3v) is 3.40. The lowest BCUT2D eigenvalue weighted by atomic mass is 9.96. The van der Waals surface area contributed by atoms with Gasteiger partial charge in [0.1, 0.15) is 18.0 Å². The zero-order valence-electron chi connectivity index (χ0n) is 13.5. The number of carbonyl (C=O) groups is 1. The van der Waals surface area contributed by atoms with E-state index in [-0.39, 0.29) is 13.2 Å². The van der Waals surface area contributed by atoms with Crippen LogP contribution in [0.4, 0.5) is 10.5 Å². The van der Waals surface area contributed by atoms with Gasteiger partial charge in [-0.1, -0.05) is 42.3 Å².